The fraction of sp³-hybridized carbons (Fsp3) is 0.400. The van der Waals surface area contributed by atoms with E-state index < -0.39 is 27.5 Å². The second-order valence-electron chi connectivity index (χ2n) is 7.46. The summed E-state index contributed by atoms with van der Waals surface area (Å²) >= 11 is 0. The largest absolute Gasteiger partial charge is 0.383 e. The van der Waals surface area contributed by atoms with Crippen LogP contribution in [0.3, 0.4) is 0 Å². The predicted octanol–water partition coefficient (Wildman–Crippen LogP) is 3.50. The van der Waals surface area contributed by atoms with Crippen molar-refractivity contribution in [2.45, 2.75) is 44.0 Å². The van der Waals surface area contributed by atoms with E-state index in [0.29, 0.717) is 6.54 Å². The number of aliphatic hydroxyl groups is 1. The van der Waals surface area contributed by atoms with E-state index in [-0.39, 0.29) is 18.2 Å². The van der Waals surface area contributed by atoms with Crippen molar-refractivity contribution in [3.63, 3.8) is 0 Å². The Bertz CT molecular complexity index is 854. The third-order valence-electron chi connectivity index (χ3n) is 5.62. The summed E-state index contributed by atoms with van der Waals surface area (Å²) in [4.78, 5) is 24.0. The quantitative estimate of drug-likeness (QED) is 0.623. The summed E-state index contributed by atoms with van der Waals surface area (Å²) in [5.41, 5.74) is 0.156. The zero-order valence-electron chi connectivity index (χ0n) is 15.8. The Balaban J connectivity index is 2.02. The van der Waals surface area contributed by atoms with Gasteiger partial charge in [-0.1, -0.05) is 42.5 Å². The molecule has 1 aliphatic rings. The van der Waals surface area contributed by atoms with Crippen LogP contribution in [0.15, 0.2) is 54.6 Å². The van der Waals surface area contributed by atoms with Gasteiger partial charge in [0.1, 0.15) is 11.6 Å². The van der Waals surface area contributed by atoms with E-state index in [9.17, 15) is 25.3 Å². The van der Waals surface area contributed by atoms with Gasteiger partial charge in [0.05, 0.1) is 4.92 Å². The molecule has 1 saturated heterocycles. The predicted molar refractivity (Wildman–Crippen MR) is 103 cm³/mol. The maximum atomic E-state index is 11.9. The van der Waals surface area contributed by atoms with Gasteiger partial charge in [0, 0.05) is 29.6 Å². The number of likely N-dealkylation sites (tertiary alicyclic amines) is 1. The highest BCUT2D eigenvalue weighted by Crippen LogP contribution is 2.42. The molecule has 0 aliphatic carbocycles. The van der Waals surface area contributed by atoms with Crippen molar-refractivity contribution in [1.29, 1.82) is 0 Å². The van der Waals surface area contributed by atoms with Crippen LogP contribution in [-0.4, -0.2) is 38.0 Å². The fourth-order valence-corrected chi connectivity index (χ4v) is 4.03. The number of non-ortho nitro benzene ring substituents is 1. The summed E-state index contributed by atoms with van der Waals surface area (Å²) in [6.07, 6.45) is 0.263. The molecule has 3 rings (SSSR count). The Hall–Kier alpha value is -2.84. The van der Waals surface area contributed by atoms with E-state index >= 15 is 0 Å². The summed E-state index contributed by atoms with van der Waals surface area (Å²) in [5.74, 6) is 0. The van der Waals surface area contributed by atoms with Gasteiger partial charge in [-0.2, -0.15) is 0 Å². The Morgan fingerprint density at radius 2 is 1.71 bits per heavy atom. The van der Waals surface area contributed by atoms with Crippen molar-refractivity contribution < 1.29 is 15.0 Å². The van der Waals surface area contributed by atoms with Crippen molar-refractivity contribution in [3.05, 3.63) is 86.0 Å². The molecule has 2 aromatic rings. The standard InChI is InChI=1S/C20H23N3O5/c1-14(15-8-10-17(11-9-15)22(25)26)21-13-12-20(2,24)19(23(27)28)18(21)16-6-4-3-5-7-16/h3-11,14,18-19,24H,12-13H2,1-2H3/t14-,18-,19-,20-/m1/s1. The molecule has 0 amide bonds. The lowest BCUT2D eigenvalue weighted by atomic mass is 9.79. The molecule has 0 spiro atoms. The first-order valence-corrected chi connectivity index (χ1v) is 9.13. The van der Waals surface area contributed by atoms with Gasteiger partial charge < -0.3 is 5.11 Å². The van der Waals surface area contributed by atoms with Gasteiger partial charge in [-0.25, -0.2) is 0 Å². The van der Waals surface area contributed by atoms with Crippen LogP contribution in [-0.2, 0) is 0 Å². The normalized spacial score (nSPS) is 26.5. The first-order chi connectivity index (χ1) is 13.2. The molecule has 0 radical (unpaired) electrons. The minimum atomic E-state index is -1.43. The lowest BCUT2D eigenvalue weighted by Crippen LogP contribution is -2.59. The summed E-state index contributed by atoms with van der Waals surface area (Å²) in [6, 6.07) is 13.4. The van der Waals surface area contributed by atoms with Gasteiger partial charge in [-0.05, 0) is 31.4 Å². The molecule has 1 aliphatic heterocycles. The lowest BCUT2D eigenvalue weighted by Gasteiger charge is -2.46. The highest BCUT2D eigenvalue weighted by atomic mass is 16.6. The van der Waals surface area contributed by atoms with E-state index in [1.807, 2.05) is 42.2 Å². The third-order valence-corrected chi connectivity index (χ3v) is 5.62. The Labute approximate surface area is 162 Å². The molecule has 8 nitrogen and oxygen atoms in total. The molecular weight excluding hydrogens is 362 g/mol. The number of piperidine rings is 1. The molecule has 2 aromatic carbocycles. The second-order valence-corrected chi connectivity index (χ2v) is 7.46. The monoisotopic (exact) mass is 385 g/mol. The van der Waals surface area contributed by atoms with Crippen LogP contribution in [0.5, 0.6) is 0 Å². The topological polar surface area (TPSA) is 110 Å². The number of hydrogen-bond donors (Lipinski definition) is 1. The number of benzene rings is 2. The zero-order valence-corrected chi connectivity index (χ0v) is 15.8. The molecule has 148 valence electrons. The summed E-state index contributed by atoms with van der Waals surface area (Å²) in [6.45, 7) is 3.91. The van der Waals surface area contributed by atoms with Crippen LogP contribution in [0.4, 0.5) is 5.69 Å². The number of nitro benzene ring substituents is 1. The molecule has 0 bridgehead atoms. The van der Waals surface area contributed by atoms with E-state index in [4.69, 9.17) is 0 Å². The minimum absolute atomic E-state index is 0.000282. The third kappa shape index (κ3) is 3.74. The Morgan fingerprint density at radius 1 is 1.11 bits per heavy atom. The number of nitro groups is 2. The molecule has 0 unspecified atom stereocenters. The highest BCUT2D eigenvalue weighted by Gasteiger charge is 2.54. The maximum absolute atomic E-state index is 11.9. The fourth-order valence-electron chi connectivity index (χ4n) is 4.03. The van der Waals surface area contributed by atoms with Crippen LogP contribution in [0.1, 0.15) is 43.5 Å². The minimum Gasteiger partial charge on any atom is -0.383 e. The number of nitrogens with zero attached hydrogens (tertiary/aromatic N) is 3. The van der Waals surface area contributed by atoms with Crippen LogP contribution in [0, 0.1) is 20.2 Å². The molecule has 0 aromatic heterocycles. The van der Waals surface area contributed by atoms with E-state index in [2.05, 4.69) is 0 Å². The Kier molecular flexibility index (Phi) is 5.44. The van der Waals surface area contributed by atoms with Gasteiger partial charge in [0.25, 0.3) is 11.7 Å². The van der Waals surface area contributed by atoms with Gasteiger partial charge in [-0.3, -0.25) is 25.1 Å². The van der Waals surface area contributed by atoms with Crippen molar-refractivity contribution in [3.8, 4) is 0 Å². The van der Waals surface area contributed by atoms with E-state index in [1.54, 1.807) is 12.1 Å². The summed E-state index contributed by atoms with van der Waals surface area (Å²) in [5, 5.41) is 33.6. The van der Waals surface area contributed by atoms with Crippen molar-refractivity contribution >= 4 is 5.69 Å². The zero-order chi connectivity index (χ0) is 20.5. The van der Waals surface area contributed by atoms with Crippen LogP contribution in [0.2, 0.25) is 0 Å². The lowest BCUT2D eigenvalue weighted by molar-refractivity contribution is -0.559. The number of rotatable bonds is 5. The summed E-state index contributed by atoms with van der Waals surface area (Å²) in [7, 11) is 0. The van der Waals surface area contributed by atoms with E-state index in [1.165, 1.54) is 19.1 Å². The molecule has 4 atom stereocenters. The van der Waals surface area contributed by atoms with Crippen LogP contribution in [0.25, 0.3) is 0 Å². The van der Waals surface area contributed by atoms with Crippen LogP contribution >= 0.6 is 0 Å². The van der Waals surface area contributed by atoms with E-state index in [0.717, 1.165) is 11.1 Å². The SMILES string of the molecule is C[C@H](c1ccc([N+](=O)[O-])cc1)N1CC[C@@](C)(O)[C@H]([N+](=O)[O-])[C@H]1c1ccccc1. The van der Waals surface area contributed by atoms with Gasteiger partial charge in [-0.15, -0.1) is 0 Å². The average molecular weight is 385 g/mol. The Morgan fingerprint density at radius 3 is 2.25 bits per heavy atom. The van der Waals surface area contributed by atoms with Gasteiger partial charge >= 0.3 is 0 Å². The van der Waals surface area contributed by atoms with Crippen molar-refractivity contribution in [2.75, 3.05) is 6.54 Å². The molecule has 28 heavy (non-hydrogen) atoms. The smallest absolute Gasteiger partial charge is 0.269 e. The second kappa shape index (κ2) is 7.65. The highest BCUT2D eigenvalue weighted by molar-refractivity contribution is 5.34. The summed E-state index contributed by atoms with van der Waals surface area (Å²) < 4.78 is 0. The van der Waals surface area contributed by atoms with Crippen molar-refractivity contribution in [1.82, 2.24) is 4.90 Å². The molecule has 1 fully saturated rings. The van der Waals surface area contributed by atoms with Crippen LogP contribution < -0.4 is 0 Å². The first-order valence-electron chi connectivity index (χ1n) is 9.13. The average Bonchev–Trinajstić information content (AvgIpc) is 2.67. The molecule has 1 N–H and O–H groups in total. The van der Waals surface area contributed by atoms with Gasteiger partial charge in [0.2, 0.25) is 0 Å². The molecular formula is C20H23N3O5. The maximum Gasteiger partial charge on any atom is 0.269 e. The number of hydrogen-bond acceptors (Lipinski definition) is 6. The first kappa shape index (κ1) is 19.9. The molecule has 8 heteroatoms. The molecule has 0 saturated carbocycles. The van der Waals surface area contributed by atoms with Crippen molar-refractivity contribution in [2.24, 2.45) is 0 Å². The van der Waals surface area contributed by atoms with Gasteiger partial charge in [0.15, 0.2) is 0 Å². The molecule has 1 heterocycles.